The van der Waals surface area contributed by atoms with E-state index in [-0.39, 0.29) is 18.4 Å². The number of likely N-dealkylation sites (N-methyl/N-ethyl adjacent to an activating group) is 1. The van der Waals surface area contributed by atoms with Crippen LogP contribution in [0.2, 0.25) is 0 Å². The van der Waals surface area contributed by atoms with Crippen LogP contribution in [-0.2, 0) is 4.79 Å². The second-order valence-electron chi connectivity index (χ2n) is 2.92. The van der Waals surface area contributed by atoms with Crippen LogP contribution >= 0.6 is 0 Å². The van der Waals surface area contributed by atoms with E-state index in [0.717, 1.165) is 0 Å². The molecule has 0 saturated heterocycles. The van der Waals surface area contributed by atoms with Crippen LogP contribution in [0.1, 0.15) is 19.8 Å². The second kappa shape index (κ2) is 6.11. The van der Waals surface area contributed by atoms with Crippen molar-refractivity contribution in [2.45, 2.75) is 31.9 Å². The van der Waals surface area contributed by atoms with Gasteiger partial charge in [-0.1, -0.05) is 0 Å². The summed E-state index contributed by atoms with van der Waals surface area (Å²) in [4.78, 5) is 10.9. The van der Waals surface area contributed by atoms with Crippen molar-refractivity contribution in [3.8, 4) is 0 Å². The molecule has 0 spiro atoms. The summed E-state index contributed by atoms with van der Waals surface area (Å²) in [6.45, 7) is 1.80. The molecule has 2 atom stereocenters. The summed E-state index contributed by atoms with van der Waals surface area (Å²) in [5.41, 5.74) is 5.22. The molecule has 0 amide bonds. The first kappa shape index (κ1) is 11.6. The minimum atomic E-state index is -0.486. The first-order chi connectivity index (χ1) is 5.61. The van der Waals surface area contributed by atoms with Crippen molar-refractivity contribution in [2.24, 2.45) is 5.73 Å². The Morgan fingerprint density at radius 2 is 2.17 bits per heavy atom. The summed E-state index contributed by atoms with van der Waals surface area (Å²) < 4.78 is 0. The van der Waals surface area contributed by atoms with E-state index in [1.165, 1.54) is 6.92 Å². The van der Waals surface area contributed by atoms with Gasteiger partial charge in [0, 0.05) is 6.54 Å². The molecule has 0 aromatic rings. The number of Topliss-reactive ketones (excluding diaryl/α,β-unsaturated/α-hetero) is 1. The molecule has 12 heavy (non-hydrogen) atoms. The molecular weight excluding hydrogens is 156 g/mol. The van der Waals surface area contributed by atoms with E-state index < -0.39 is 6.10 Å². The number of hydrogen-bond donors (Lipinski definition) is 3. The van der Waals surface area contributed by atoms with Crippen molar-refractivity contribution in [1.82, 2.24) is 5.32 Å². The van der Waals surface area contributed by atoms with Crippen molar-refractivity contribution >= 4 is 5.78 Å². The van der Waals surface area contributed by atoms with E-state index in [9.17, 15) is 4.79 Å². The Bertz CT molecular complexity index is 139. The van der Waals surface area contributed by atoms with E-state index in [2.05, 4.69) is 5.32 Å². The molecular formula is C8H18N2O2. The van der Waals surface area contributed by atoms with Crippen LogP contribution in [0.3, 0.4) is 0 Å². The fourth-order valence-electron chi connectivity index (χ4n) is 1.03. The largest absolute Gasteiger partial charge is 0.392 e. The summed E-state index contributed by atoms with van der Waals surface area (Å²) in [6.07, 6.45) is 0.728. The number of aliphatic hydroxyl groups is 1. The van der Waals surface area contributed by atoms with Gasteiger partial charge in [0.05, 0.1) is 12.1 Å². The third-order valence-corrected chi connectivity index (χ3v) is 1.90. The van der Waals surface area contributed by atoms with Gasteiger partial charge in [0.2, 0.25) is 0 Å². The fraction of sp³-hybridized carbons (Fsp3) is 0.875. The van der Waals surface area contributed by atoms with Gasteiger partial charge in [-0.3, -0.25) is 4.79 Å². The molecule has 0 bridgehead atoms. The molecule has 4 heteroatoms. The number of nitrogens with two attached hydrogens (primary N) is 1. The van der Waals surface area contributed by atoms with E-state index in [1.54, 1.807) is 7.05 Å². The van der Waals surface area contributed by atoms with Gasteiger partial charge < -0.3 is 16.2 Å². The van der Waals surface area contributed by atoms with Gasteiger partial charge in [-0.2, -0.15) is 0 Å². The highest BCUT2D eigenvalue weighted by molar-refractivity contribution is 5.81. The predicted octanol–water partition coefficient (Wildman–Crippen LogP) is -0.737. The maximum atomic E-state index is 10.9. The summed E-state index contributed by atoms with van der Waals surface area (Å²) in [5.74, 6) is 0.0988. The van der Waals surface area contributed by atoms with Gasteiger partial charge in [-0.25, -0.2) is 0 Å². The van der Waals surface area contributed by atoms with Gasteiger partial charge in [0.1, 0.15) is 5.78 Å². The molecule has 0 fully saturated rings. The lowest BCUT2D eigenvalue weighted by atomic mass is 10.1. The number of nitrogens with one attached hydrogen (secondary N) is 1. The first-order valence-corrected chi connectivity index (χ1v) is 4.17. The van der Waals surface area contributed by atoms with Crippen molar-refractivity contribution in [3.63, 3.8) is 0 Å². The number of hydrogen-bond acceptors (Lipinski definition) is 4. The summed E-state index contributed by atoms with van der Waals surface area (Å²) in [5, 5.41) is 12.0. The van der Waals surface area contributed by atoms with Gasteiger partial charge in [0.25, 0.3) is 0 Å². The zero-order chi connectivity index (χ0) is 9.56. The molecule has 0 aromatic carbocycles. The smallest absolute Gasteiger partial charge is 0.146 e. The average molecular weight is 174 g/mol. The van der Waals surface area contributed by atoms with Crippen LogP contribution in [-0.4, -0.2) is 36.6 Å². The average Bonchev–Trinajstić information content (AvgIpc) is 2.04. The number of ketones is 1. The molecule has 4 N–H and O–H groups in total. The standard InChI is InChI=1S/C8H18N2O2/c1-6(11)8(10-2)4-3-7(12)5-9/h7-8,10,12H,3-5,9H2,1-2H3. The third-order valence-electron chi connectivity index (χ3n) is 1.90. The van der Waals surface area contributed by atoms with Gasteiger partial charge >= 0.3 is 0 Å². The van der Waals surface area contributed by atoms with Crippen LogP contribution in [0.5, 0.6) is 0 Å². The van der Waals surface area contributed by atoms with E-state index in [4.69, 9.17) is 10.8 Å². The lowest BCUT2D eigenvalue weighted by Gasteiger charge is -2.14. The Labute approximate surface area is 73.1 Å². The fourth-order valence-corrected chi connectivity index (χ4v) is 1.03. The lowest BCUT2D eigenvalue weighted by Crippen LogP contribution is -2.34. The highest BCUT2D eigenvalue weighted by Gasteiger charge is 2.12. The SMILES string of the molecule is CNC(CCC(O)CN)C(C)=O. The van der Waals surface area contributed by atoms with E-state index in [0.29, 0.717) is 12.8 Å². The topological polar surface area (TPSA) is 75.3 Å². The summed E-state index contributed by atoms with van der Waals surface area (Å²) >= 11 is 0. The number of aliphatic hydroxyl groups excluding tert-OH is 1. The quantitative estimate of drug-likeness (QED) is 0.496. The Hall–Kier alpha value is -0.450. The summed E-state index contributed by atoms with van der Waals surface area (Å²) in [6, 6.07) is -0.147. The molecule has 0 heterocycles. The molecule has 0 aliphatic heterocycles. The molecule has 0 saturated carbocycles. The van der Waals surface area contributed by atoms with Gasteiger partial charge in [-0.05, 0) is 26.8 Å². The molecule has 4 nitrogen and oxygen atoms in total. The van der Waals surface area contributed by atoms with Gasteiger partial charge in [-0.15, -0.1) is 0 Å². The minimum absolute atomic E-state index is 0.0988. The van der Waals surface area contributed by atoms with E-state index in [1.807, 2.05) is 0 Å². The van der Waals surface area contributed by atoms with Gasteiger partial charge in [0.15, 0.2) is 0 Å². The van der Waals surface area contributed by atoms with Crippen LogP contribution in [0, 0.1) is 0 Å². The molecule has 0 aromatic heterocycles. The molecule has 2 unspecified atom stereocenters. The monoisotopic (exact) mass is 174 g/mol. The Balaban J connectivity index is 3.65. The maximum Gasteiger partial charge on any atom is 0.146 e. The van der Waals surface area contributed by atoms with Crippen molar-refractivity contribution in [2.75, 3.05) is 13.6 Å². The molecule has 0 rings (SSSR count). The normalized spacial score (nSPS) is 15.7. The molecule has 0 radical (unpaired) electrons. The summed E-state index contributed by atoms with van der Waals surface area (Å²) in [7, 11) is 1.74. The zero-order valence-electron chi connectivity index (χ0n) is 7.71. The zero-order valence-corrected chi connectivity index (χ0v) is 7.71. The lowest BCUT2D eigenvalue weighted by molar-refractivity contribution is -0.119. The highest BCUT2D eigenvalue weighted by atomic mass is 16.3. The molecule has 0 aliphatic rings. The van der Waals surface area contributed by atoms with Crippen LogP contribution in [0.15, 0.2) is 0 Å². The van der Waals surface area contributed by atoms with Crippen LogP contribution < -0.4 is 11.1 Å². The Morgan fingerprint density at radius 1 is 1.58 bits per heavy atom. The maximum absolute atomic E-state index is 10.9. The number of rotatable bonds is 6. The van der Waals surface area contributed by atoms with Crippen molar-refractivity contribution in [1.29, 1.82) is 0 Å². The first-order valence-electron chi connectivity index (χ1n) is 4.17. The number of carbonyl (C=O) groups excluding carboxylic acids is 1. The number of carbonyl (C=O) groups is 1. The second-order valence-corrected chi connectivity index (χ2v) is 2.92. The van der Waals surface area contributed by atoms with Crippen LogP contribution in [0.25, 0.3) is 0 Å². The third kappa shape index (κ3) is 4.43. The molecule has 72 valence electrons. The Morgan fingerprint density at radius 3 is 2.50 bits per heavy atom. The Kier molecular flexibility index (Phi) is 5.88. The van der Waals surface area contributed by atoms with Crippen LogP contribution in [0.4, 0.5) is 0 Å². The van der Waals surface area contributed by atoms with Crippen molar-refractivity contribution in [3.05, 3.63) is 0 Å². The van der Waals surface area contributed by atoms with E-state index >= 15 is 0 Å². The van der Waals surface area contributed by atoms with Crippen molar-refractivity contribution < 1.29 is 9.90 Å². The highest BCUT2D eigenvalue weighted by Crippen LogP contribution is 2.01. The predicted molar refractivity (Wildman–Crippen MR) is 47.8 cm³/mol. The minimum Gasteiger partial charge on any atom is -0.392 e. The molecule has 0 aliphatic carbocycles.